The van der Waals surface area contributed by atoms with Gasteiger partial charge >= 0.3 is 66.4 Å². The Morgan fingerprint density at radius 1 is 1.33 bits per heavy atom. The van der Waals surface area contributed by atoms with E-state index in [1.54, 1.807) is 0 Å². The summed E-state index contributed by atoms with van der Waals surface area (Å²) in [5.41, 5.74) is 0. The molecular formula is C8H11Ru. The molecule has 0 radical (unpaired) electrons. The van der Waals surface area contributed by atoms with Crippen LogP contribution in [0.5, 0.6) is 0 Å². The molecular weight excluding hydrogens is 197 g/mol. The molecule has 9 heavy (non-hydrogen) atoms. The Labute approximate surface area is 66.7 Å². The van der Waals surface area contributed by atoms with Crippen molar-refractivity contribution in [2.75, 3.05) is 0 Å². The summed E-state index contributed by atoms with van der Waals surface area (Å²) in [5, 5.41) is 0. The summed E-state index contributed by atoms with van der Waals surface area (Å²) in [6.45, 7) is 0. The van der Waals surface area contributed by atoms with E-state index in [9.17, 15) is 0 Å². The molecule has 0 saturated carbocycles. The molecule has 1 aliphatic rings. The molecule has 0 amide bonds. The molecule has 0 aromatic carbocycles. The van der Waals surface area contributed by atoms with E-state index in [1.165, 1.54) is 29.9 Å². The van der Waals surface area contributed by atoms with Gasteiger partial charge in [0.15, 0.2) is 0 Å². The molecule has 0 bridgehead atoms. The van der Waals surface area contributed by atoms with Crippen molar-refractivity contribution in [2.45, 2.75) is 25.7 Å². The average Bonchev–Trinajstić information content (AvgIpc) is 1.79. The van der Waals surface area contributed by atoms with Crippen molar-refractivity contribution in [3.8, 4) is 0 Å². The van der Waals surface area contributed by atoms with Crippen LogP contribution in [0.3, 0.4) is 0 Å². The number of hydrogen-bond donors (Lipinski definition) is 0. The van der Waals surface area contributed by atoms with E-state index < -0.39 is 0 Å². The van der Waals surface area contributed by atoms with Crippen molar-refractivity contribution in [1.29, 1.82) is 0 Å². The van der Waals surface area contributed by atoms with Gasteiger partial charge in [0.05, 0.1) is 0 Å². The quantitative estimate of drug-likeness (QED) is 0.537. The second-order valence-electron chi connectivity index (χ2n) is 2.27. The summed E-state index contributed by atoms with van der Waals surface area (Å²) < 4.78 is 1.45. The van der Waals surface area contributed by atoms with Crippen LogP contribution in [0.1, 0.15) is 25.7 Å². The maximum atomic E-state index is 2.68. The zero-order valence-corrected chi connectivity index (χ0v) is 7.15. The predicted octanol–water partition coefficient (Wildman–Crippen LogP) is 2.55. The number of allylic oxidation sites excluding steroid dienone is 4. The van der Waals surface area contributed by atoms with Crippen molar-refractivity contribution >= 4 is 0 Å². The van der Waals surface area contributed by atoms with Crippen LogP contribution in [0.25, 0.3) is 0 Å². The zero-order valence-electron chi connectivity index (χ0n) is 5.41. The molecule has 0 N–H and O–H groups in total. The zero-order chi connectivity index (χ0) is 6.53. The van der Waals surface area contributed by atoms with Gasteiger partial charge in [-0.05, 0) is 0 Å². The van der Waals surface area contributed by atoms with Crippen molar-refractivity contribution in [3.05, 3.63) is 22.4 Å². The van der Waals surface area contributed by atoms with Gasteiger partial charge < -0.3 is 0 Å². The molecule has 0 unspecified atom stereocenters. The summed E-state index contributed by atoms with van der Waals surface area (Å²) in [6.07, 6.45) is 11.8. The molecule has 1 rings (SSSR count). The fraction of sp³-hybridized carbons (Fsp3) is 0.500. The Morgan fingerprint density at radius 3 is 3.11 bits per heavy atom. The molecule has 0 aromatic rings. The van der Waals surface area contributed by atoms with Crippen molar-refractivity contribution in [1.82, 2.24) is 0 Å². The first kappa shape index (κ1) is 7.21. The molecule has 1 aliphatic carbocycles. The van der Waals surface area contributed by atoms with Gasteiger partial charge in [-0.3, -0.25) is 0 Å². The Hall–Kier alpha value is 0.103. The van der Waals surface area contributed by atoms with E-state index in [1.807, 2.05) is 0 Å². The minimum atomic E-state index is 1.26. The van der Waals surface area contributed by atoms with Gasteiger partial charge in [-0.25, -0.2) is 0 Å². The fourth-order valence-electron chi connectivity index (χ4n) is 0.901. The normalized spacial score (nSPS) is 20.3. The van der Waals surface area contributed by atoms with Crippen LogP contribution in [-0.4, -0.2) is 0 Å². The first-order valence-corrected chi connectivity index (χ1v) is 4.26. The van der Waals surface area contributed by atoms with Crippen molar-refractivity contribution in [2.24, 2.45) is 0 Å². The summed E-state index contributed by atoms with van der Waals surface area (Å²) in [7, 11) is 0. The molecule has 0 nitrogen and oxygen atoms in total. The molecule has 0 heterocycles. The van der Waals surface area contributed by atoms with E-state index in [0.717, 1.165) is 0 Å². The molecule has 0 aliphatic heterocycles. The molecule has 1 heteroatoms. The van der Waals surface area contributed by atoms with E-state index in [0.29, 0.717) is 0 Å². The van der Waals surface area contributed by atoms with Crippen LogP contribution < -0.4 is 0 Å². The topological polar surface area (TPSA) is 0 Å². The van der Waals surface area contributed by atoms with E-state index in [4.69, 9.17) is 0 Å². The number of hydrogen-bond acceptors (Lipinski definition) is 0. The maximum absolute atomic E-state index is 2.68. The Kier molecular flexibility index (Phi) is 3.21. The van der Waals surface area contributed by atoms with Crippen LogP contribution >= 0.6 is 0 Å². The van der Waals surface area contributed by atoms with Crippen molar-refractivity contribution in [3.63, 3.8) is 0 Å². The Bertz CT molecular complexity index is 134. The Morgan fingerprint density at radius 2 is 2.22 bits per heavy atom. The van der Waals surface area contributed by atoms with Gasteiger partial charge in [0.2, 0.25) is 0 Å². The monoisotopic (exact) mass is 209 g/mol. The second kappa shape index (κ2) is 4.01. The van der Waals surface area contributed by atoms with E-state index in [2.05, 4.69) is 36.5 Å². The van der Waals surface area contributed by atoms with Gasteiger partial charge in [0, 0.05) is 0 Å². The minimum absolute atomic E-state index is 1.26. The third-order valence-electron chi connectivity index (χ3n) is 1.44. The molecule has 51 valence electrons. The van der Waals surface area contributed by atoms with Gasteiger partial charge in [0.25, 0.3) is 0 Å². The molecule has 0 saturated heterocycles. The van der Waals surface area contributed by atoms with Crippen LogP contribution in [0.4, 0.5) is 0 Å². The first-order chi connectivity index (χ1) is 4.39. The van der Waals surface area contributed by atoms with Crippen LogP contribution in [0.2, 0.25) is 0 Å². The second-order valence-corrected chi connectivity index (χ2v) is 3.39. The standard InChI is InChI=1S/C8H11.Ru/c1-2-4-6-8-7-5-3-1;/h1-3H,4,6-8H2;. The Balaban J connectivity index is 2.48. The molecule has 0 spiro atoms. The molecule has 0 fully saturated rings. The molecule has 0 aromatic heterocycles. The van der Waals surface area contributed by atoms with Gasteiger partial charge in [-0.1, -0.05) is 0 Å². The third kappa shape index (κ3) is 2.96. The summed E-state index contributed by atoms with van der Waals surface area (Å²) >= 11 is 2.68. The SMILES string of the molecule is [Ru][C]1=CC=CCCCC1. The average molecular weight is 208 g/mol. The van der Waals surface area contributed by atoms with Gasteiger partial charge in [0.1, 0.15) is 0 Å². The molecule has 0 atom stereocenters. The summed E-state index contributed by atoms with van der Waals surface area (Å²) in [6, 6.07) is 0. The van der Waals surface area contributed by atoms with Crippen molar-refractivity contribution < 1.29 is 18.3 Å². The first-order valence-electron chi connectivity index (χ1n) is 3.39. The van der Waals surface area contributed by atoms with Crippen LogP contribution in [0.15, 0.2) is 22.4 Å². The number of rotatable bonds is 0. The van der Waals surface area contributed by atoms with E-state index in [-0.39, 0.29) is 0 Å². The van der Waals surface area contributed by atoms with Gasteiger partial charge in [-0.2, -0.15) is 0 Å². The van der Waals surface area contributed by atoms with Crippen LogP contribution in [0, 0.1) is 0 Å². The van der Waals surface area contributed by atoms with Crippen LogP contribution in [-0.2, 0) is 18.3 Å². The summed E-state index contributed by atoms with van der Waals surface area (Å²) in [4.78, 5) is 0. The third-order valence-corrected chi connectivity index (χ3v) is 2.16. The fourth-order valence-corrected chi connectivity index (χ4v) is 1.38. The predicted molar refractivity (Wildman–Crippen MR) is 35.7 cm³/mol. The van der Waals surface area contributed by atoms with Gasteiger partial charge in [-0.15, -0.1) is 0 Å². The van der Waals surface area contributed by atoms with E-state index >= 15 is 0 Å². The summed E-state index contributed by atoms with van der Waals surface area (Å²) in [5.74, 6) is 0.